The molecule has 0 aromatic rings. The van der Waals surface area contributed by atoms with Gasteiger partial charge < -0.3 is 4.74 Å². The van der Waals surface area contributed by atoms with Gasteiger partial charge in [-0.2, -0.15) is 0 Å². The van der Waals surface area contributed by atoms with E-state index in [4.69, 9.17) is 4.74 Å². The van der Waals surface area contributed by atoms with Crippen LogP contribution in [0.15, 0.2) is 0 Å². The SMILES string of the molecule is CCC#CC(C)OC(C)=O. The molecule has 0 fully saturated rings. The zero-order valence-corrected chi connectivity index (χ0v) is 6.60. The van der Waals surface area contributed by atoms with Crippen molar-refractivity contribution in [3.63, 3.8) is 0 Å². The van der Waals surface area contributed by atoms with Crippen LogP contribution in [0.3, 0.4) is 0 Å². The maximum Gasteiger partial charge on any atom is 0.303 e. The van der Waals surface area contributed by atoms with Gasteiger partial charge in [-0.25, -0.2) is 0 Å². The summed E-state index contributed by atoms with van der Waals surface area (Å²) in [4.78, 5) is 10.3. The van der Waals surface area contributed by atoms with Crippen molar-refractivity contribution in [2.45, 2.75) is 33.3 Å². The van der Waals surface area contributed by atoms with Crippen LogP contribution in [0.4, 0.5) is 0 Å². The lowest BCUT2D eigenvalue weighted by atomic mass is 10.4. The second-order valence-corrected chi connectivity index (χ2v) is 1.93. The number of esters is 1. The van der Waals surface area contributed by atoms with Crippen molar-refractivity contribution in [1.82, 2.24) is 0 Å². The molecule has 0 spiro atoms. The topological polar surface area (TPSA) is 26.3 Å². The van der Waals surface area contributed by atoms with E-state index in [0.29, 0.717) is 0 Å². The Bertz CT molecular complexity index is 162. The van der Waals surface area contributed by atoms with Crippen LogP contribution in [0, 0.1) is 11.8 Å². The maximum absolute atomic E-state index is 10.3. The molecular formula is C8H12O2. The van der Waals surface area contributed by atoms with Crippen molar-refractivity contribution in [2.75, 3.05) is 0 Å². The second kappa shape index (κ2) is 4.87. The van der Waals surface area contributed by atoms with Crippen LogP contribution in [0.5, 0.6) is 0 Å². The minimum Gasteiger partial charge on any atom is -0.450 e. The van der Waals surface area contributed by atoms with Crippen molar-refractivity contribution in [3.05, 3.63) is 0 Å². The third kappa shape index (κ3) is 5.17. The molecule has 0 aromatic heterocycles. The third-order valence-corrected chi connectivity index (χ3v) is 0.825. The fraction of sp³-hybridized carbons (Fsp3) is 0.625. The maximum atomic E-state index is 10.3. The monoisotopic (exact) mass is 140 g/mol. The molecule has 0 aliphatic rings. The Morgan fingerprint density at radius 2 is 2.30 bits per heavy atom. The van der Waals surface area contributed by atoms with E-state index in [9.17, 15) is 4.79 Å². The molecule has 0 radical (unpaired) electrons. The van der Waals surface area contributed by atoms with Gasteiger partial charge in [0.15, 0.2) is 6.10 Å². The number of hydrogen-bond donors (Lipinski definition) is 0. The van der Waals surface area contributed by atoms with Crippen molar-refractivity contribution in [1.29, 1.82) is 0 Å². The predicted molar refractivity (Wildman–Crippen MR) is 39.3 cm³/mol. The average Bonchev–Trinajstić information content (AvgIpc) is 1.82. The van der Waals surface area contributed by atoms with Gasteiger partial charge in [0, 0.05) is 13.3 Å². The van der Waals surface area contributed by atoms with Gasteiger partial charge in [-0.05, 0) is 6.92 Å². The van der Waals surface area contributed by atoms with Gasteiger partial charge >= 0.3 is 5.97 Å². The minimum absolute atomic E-state index is 0.266. The highest BCUT2D eigenvalue weighted by Crippen LogP contribution is 1.88. The Morgan fingerprint density at radius 1 is 1.70 bits per heavy atom. The lowest BCUT2D eigenvalue weighted by Gasteiger charge is -2.02. The lowest BCUT2D eigenvalue weighted by Crippen LogP contribution is -2.09. The van der Waals surface area contributed by atoms with Gasteiger partial charge in [0.1, 0.15) is 0 Å². The zero-order chi connectivity index (χ0) is 7.98. The largest absolute Gasteiger partial charge is 0.450 e. The van der Waals surface area contributed by atoms with Gasteiger partial charge in [-0.1, -0.05) is 18.8 Å². The number of hydrogen-bond acceptors (Lipinski definition) is 2. The summed E-state index contributed by atoms with van der Waals surface area (Å²) in [5.74, 6) is 5.32. The number of rotatable bonds is 1. The molecule has 0 amide bonds. The molecule has 0 saturated heterocycles. The molecule has 0 N–H and O–H groups in total. The molecule has 56 valence electrons. The Labute approximate surface area is 61.6 Å². The number of ether oxygens (including phenoxy) is 1. The van der Waals surface area contributed by atoms with Crippen LogP contribution in [0.25, 0.3) is 0 Å². The normalized spacial score (nSPS) is 11.1. The summed E-state index contributed by atoms with van der Waals surface area (Å²) >= 11 is 0. The molecule has 2 heteroatoms. The number of carbonyl (C=O) groups excluding carboxylic acids is 1. The highest BCUT2D eigenvalue weighted by Gasteiger charge is 1.97. The Morgan fingerprint density at radius 3 is 2.70 bits per heavy atom. The standard InChI is InChI=1S/C8H12O2/c1-4-5-6-7(2)10-8(3)9/h7H,4H2,1-3H3. The van der Waals surface area contributed by atoms with Crippen molar-refractivity contribution in [2.24, 2.45) is 0 Å². The Balaban J connectivity index is 3.63. The molecule has 0 heterocycles. The van der Waals surface area contributed by atoms with E-state index in [1.54, 1.807) is 6.92 Å². The summed E-state index contributed by atoms with van der Waals surface area (Å²) < 4.78 is 4.74. The van der Waals surface area contributed by atoms with Crippen molar-refractivity contribution in [3.8, 4) is 11.8 Å². The van der Waals surface area contributed by atoms with Gasteiger partial charge in [-0.15, -0.1) is 0 Å². The van der Waals surface area contributed by atoms with E-state index in [0.717, 1.165) is 6.42 Å². The highest BCUT2D eigenvalue weighted by molar-refractivity contribution is 5.66. The minimum atomic E-state index is -0.280. The van der Waals surface area contributed by atoms with E-state index in [-0.39, 0.29) is 12.1 Å². The first kappa shape index (κ1) is 9.03. The van der Waals surface area contributed by atoms with Gasteiger partial charge in [0.25, 0.3) is 0 Å². The summed E-state index contributed by atoms with van der Waals surface area (Å²) in [6.45, 7) is 5.08. The van der Waals surface area contributed by atoms with Crippen molar-refractivity contribution < 1.29 is 9.53 Å². The molecule has 0 saturated carbocycles. The molecule has 0 aromatic carbocycles. The first-order valence-corrected chi connectivity index (χ1v) is 3.32. The van der Waals surface area contributed by atoms with Crippen LogP contribution < -0.4 is 0 Å². The van der Waals surface area contributed by atoms with Crippen LogP contribution in [-0.4, -0.2) is 12.1 Å². The molecule has 10 heavy (non-hydrogen) atoms. The molecule has 0 aliphatic heterocycles. The predicted octanol–water partition coefficient (Wildman–Crippen LogP) is 1.35. The lowest BCUT2D eigenvalue weighted by molar-refractivity contribution is -0.143. The Hall–Kier alpha value is -0.970. The second-order valence-electron chi connectivity index (χ2n) is 1.93. The van der Waals surface area contributed by atoms with E-state index in [1.165, 1.54) is 6.92 Å². The van der Waals surface area contributed by atoms with Crippen molar-refractivity contribution >= 4 is 5.97 Å². The van der Waals surface area contributed by atoms with Crippen LogP contribution in [-0.2, 0) is 9.53 Å². The molecular weight excluding hydrogens is 128 g/mol. The van der Waals surface area contributed by atoms with Crippen LogP contribution in [0.1, 0.15) is 27.2 Å². The Kier molecular flexibility index (Phi) is 4.39. The van der Waals surface area contributed by atoms with Gasteiger partial charge in [0.05, 0.1) is 0 Å². The van der Waals surface area contributed by atoms with E-state index in [1.807, 2.05) is 6.92 Å². The van der Waals surface area contributed by atoms with E-state index >= 15 is 0 Å². The summed E-state index contributed by atoms with van der Waals surface area (Å²) in [6, 6.07) is 0. The summed E-state index contributed by atoms with van der Waals surface area (Å²) in [5.41, 5.74) is 0. The molecule has 1 unspecified atom stereocenters. The number of carbonyl (C=O) groups is 1. The van der Waals surface area contributed by atoms with E-state index < -0.39 is 0 Å². The summed E-state index contributed by atoms with van der Waals surface area (Å²) in [5, 5.41) is 0. The first-order valence-electron chi connectivity index (χ1n) is 3.32. The zero-order valence-electron chi connectivity index (χ0n) is 6.60. The smallest absolute Gasteiger partial charge is 0.303 e. The summed E-state index contributed by atoms with van der Waals surface area (Å²) in [6.07, 6.45) is 0.531. The average molecular weight is 140 g/mol. The molecule has 0 aliphatic carbocycles. The van der Waals surface area contributed by atoms with Gasteiger partial charge in [-0.3, -0.25) is 4.79 Å². The van der Waals surface area contributed by atoms with Gasteiger partial charge in [0.2, 0.25) is 0 Å². The third-order valence-electron chi connectivity index (χ3n) is 0.825. The molecule has 0 rings (SSSR count). The fourth-order valence-electron chi connectivity index (χ4n) is 0.524. The fourth-order valence-corrected chi connectivity index (χ4v) is 0.524. The quantitative estimate of drug-likeness (QED) is 0.406. The van der Waals surface area contributed by atoms with E-state index in [2.05, 4.69) is 11.8 Å². The highest BCUT2D eigenvalue weighted by atomic mass is 16.5. The first-order chi connectivity index (χ1) is 4.66. The molecule has 1 atom stereocenters. The van der Waals surface area contributed by atoms with Crippen LogP contribution >= 0.6 is 0 Å². The van der Waals surface area contributed by atoms with Crippen LogP contribution in [0.2, 0.25) is 0 Å². The summed E-state index contributed by atoms with van der Waals surface area (Å²) in [7, 11) is 0. The molecule has 2 nitrogen and oxygen atoms in total. The molecule has 0 bridgehead atoms.